The number of aromatic nitrogens is 1. The Morgan fingerprint density at radius 3 is 2.67 bits per heavy atom. The Morgan fingerprint density at radius 2 is 1.88 bits per heavy atom. The van der Waals surface area contributed by atoms with E-state index in [0.29, 0.717) is 5.89 Å². The molecule has 2 N–H and O–H groups in total. The fourth-order valence-electron chi connectivity index (χ4n) is 3.34. The number of benzene rings is 2. The third-order valence-electron chi connectivity index (χ3n) is 4.61. The molecule has 122 valence electrons. The number of aliphatic hydroxyl groups is 1. The molecule has 0 aliphatic heterocycles. The number of nitrogens with one attached hydrogen (secondary N) is 1. The molecule has 0 bridgehead atoms. The number of fused-ring (bicyclic) bond motifs is 1. The summed E-state index contributed by atoms with van der Waals surface area (Å²) in [7, 11) is 0. The molecule has 4 heteroatoms. The van der Waals surface area contributed by atoms with Crippen LogP contribution in [-0.2, 0) is 6.42 Å². The zero-order chi connectivity index (χ0) is 16.5. The normalized spacial score (nSPS) is 20.8. The van der Waals surface area contributed by atoms with E-state index >= 15 is 0 Å². The minimum atomic E-state index is -0.493. The summed E-state index contributed by atoms with van der Waals surface area (Å²) in [5, 5.41) is 14.0. The van der Waals surface area contributed by atoms with Gasteiger partial charge >= 0.3 is 0 Å². The molecule has 2 aromatic carbocycles. The summed E-state index contributed by atoms with van der Waals surface area (Å²) in [6.45, 7) is 2.01. The molecule has 3 atom stereocenters. The van der Waals surface area contributed by atoms with E-state index in [1.807, 2.05) is 55.5 Å². The lowest BCUT2D eigenvalue weighted by atomic mass is 10.1. The summed E-state index contributed by atoms with van der Waals surface area (Å²) < 4.78 is 5.90. The standard InChI is InChI=1S/C20H20N2O2/c1-13(20-21-12-18(24-20)14-7-3-2-4-8-14)22-17-11-15-9-5-6-10-16(15)19(17)23/h2-10,12-13,17,19,22-23H,11H2,1H3/t13-,17+,19-/m0/s1. The van der Waals surface area contributed by atoms with Crippen LogP contribution in [0, 0.1) is 0 Å². The van der Waals surface area contributed by atoms with Crippen LogP contribution in [-0.4, -0.2) is 16.1 Å². The zero-order valence-electron chi connectivity index (χ0n) is 13.5. The Morgan fingerprint density at radius 1 is 1.12 bits per heavy atom. The highest BCUT2D eigenvalue weighted by Crippen LogP contribution is 2.32. The smallest absolute Gasteiger partial charge is 0.211 e. The molecule has 0 amide bonds. The Kier molecular flexibility index (Phi) is 3.92. The Bertz CT molecular complexity index is 828. The third-order valence-corrected chi connectivity index (χ3v) is 4.61. The molecule has 0 saturated carbocycles. The lowest BCUT2D eigenvalue weighted by Crippen LogP contribution is -2.35. The van der Waals surface area contributed by atoms with Gasteiger partial charge in [0.1, 0.15) is 0 Å². The second kappa shape index (κ2) is 6.23. The van der Waals surface area contributed by atoms with Crippen molar-refractivity contribution < 1.29 is 9.52 Å². The summed E-state index contributed by atoms with van der Waals surface area (Å²) in [5.41, 5.74) is 3.23. The van der Waals surface area contributed by atoms with Crippen LogP contribution in [0.15, 0.2) is 65.2 Å². The second-order valence-corrected chi connectivity index (χ2v) is 6.27. The van der Waals surface area contributed by atoms with Gasteiger partial charge in [-0.3, -0.25) is 0 Å². The molecule has 3 aromatic rings. The number of hydrogen-bond donors (Lipinski definition) is 2. The topological polar surface area (TPSA) is 58.3 Å². The quantitative estimate of drug-likeness (QED) is 0.770. The minimum Gasteiger partial charge on any atom is -0.439 e. The number of nitrogens with zero attached hydrogens (tertiary/aromatic N) is 1. The third kappa shape index (κ3) is 2.75. The molecule has 0 unspecified atom stereocenters. The number of hydrogen-bond acceptors (Lipinski definition) is 4. The predicted octanol–water partition coefficient (Wildman–Crippen LogP) is 3.65. The van der Waals surface area contributed by atoms with Crippen LogP contribution >= 0.6 is 0 Å². The lowest BCUT2D eigenvalue weighted by Gasteiger charge is -2.20. The monoisotopic (exact) mass is 320 g/mol. The highest BCUT2D eigenvalue weighted by Gasteiger charge is 2.32. The van der Waals surface area contributed by atoms with Gasteiger partial charge in [0, 0.05) is 11.6 Å². The van der Waals surface area contributed by atoms with Gasteiger partial charge in [0.2, 0.25) is 5.89 Å². The average molecular weight is 320 g/mol. The van der Waals surface area contributed by atoms with Crippen molar-refractivity contribution in [1.82, 2.24) is 10.3 Å². The van der Waals surface area contributed by atoms with Crippen molar-refractivity contribution in [2.24, 2.45) is 0 Å². The first-order valence-electron chi connectivity index (χ1n) is 8.25. The molecular formula is C20H20N2O2. The molecule has 0 saturated heterocycles. The molecule has 1 aliphatic carbocycles. The van der Waals surface area contributed by atoms with E-state index in [1.165, 1.54) is 5.56 Å². The van der Waals surface area contributed by atoms with Gasteiger partial charge in [-0.25, -0.2) is 4.98 Å². The van der Waals surface area contributed by atoms with E-state index in [1.54, 1.807) is 6.20 Å². The van der Waals surface area contributed by atoms with Crippen molar-refractivity contribution in [2.75, 3.05) is 0 Å². The molecule has 1 aliphatic rings. The maximum atomic E-state index is 10.5. The molecule has 1 aromatic heterocycles. The van der Waals surface area contributed by atoms with Gasteiger partial charge in [-0.1, -0.05) is 54.6 Å². The SMILES string of the molecule is C[C@H](N[C@@H]1Cc2ccccc2[C@@H]1O)c1ncc(-c2ccccc2)o1. The second-order valence-electron chi connectivity index (χ2n) is 6.27. The van der Waals surface area contributed by atoms with E-state index in [-0.39, 0.29) is 12.1 Å². The van der Waals surface area contributed by atoms with Crippen LogP contribution in [0.4, 0.5) is 0 Å². The van der Waals surface area contributed by atoms with Crippen LogP contribution in [0.1, 0.15) is 36.1 Å². The molecule has 0 fully saturated rings. The lowest BCUT2D eigenvalue weighted by molar-refractivity contribution is 0.133. The Labute approximate surface area is 141 Å². The van der Waals surface area contributed by atoms with Crippen molar-refractivity contribution in [2.45, 2.75) is 31.5 Å². The van der Waals surface area contributed by atoms with Crippen molar-refractivity contribution in [1.29, 1.82) is 0 Å². The predicted molar refractivity (Wildman–Crippen MR) is 92.4 cm³/mol. The van der Waals surface area contributed by atoms with E-state index in [0.717, 1.165) is 23.3 Å². The first-order valence-corrected chi connectivity index (χ1v) is 8.25. The molecular weight excluding hydrogens is 300 g/mol. The van der Waals surface area contributed by atoms with Crippen LogP contribution < -0.4 is 5.32 Å². The maximum Gasteiger partial charge on any atom is 0.211 e. The van der Waals surface area contributed by atoms with E-state index in [2.05, 4.69) is 16.4 Å². The van der Waals surface area contributed by atoms with Crippen molar-refractivity contribution >= 4 is 0 Å². The van der Waals surface area contributed by atoms with Gasteiger partial charge in [0.25, 0.3) is 0 Å². The largest absolute Gasteiger partial charge is 0.439 e. The van der Waals surface area contributed by atoms with Crippen LogP contribution in [0.2, 0.25) is 0 Å². The van der Waals surface area contributed by atoms with E-state index in [9.17, 15) is 5.11 Å². The minimum absolute atomic E-state index is 0.0236. The van der Waals surface area contributed by atoms with E-state index in [4.69, 9.17) is 4.42 Å². The van der Waals surface area contributed by atoms with Gasteiger partial charge in [-0.15, -0.1) is 0 Å². The zero-order valence-corrected chi connectivity index (χ0v) is 13.5. The van der Waals surface area contributed by atoms with Crippen LogP contribution in [0.3, 0.4) is 0 Å². The Balaban J connectivity index is 1.48. The van der Waals surface area contributed by atoms with E-state index < -0.39 is 6.10 Å². The maximum absolute atomic E-state index is 10.5. The molecule has 24 heavy (non-hydrogen) atoms. The molecule has 0 spiro atoms. The number of rotatable bonds is 4. The first kappa shape index (κ1) is 15.1. The first-order chi connectivity index (χ1) is 11.7. The van der Waals surface area contributed by atoms with Gasteiger partial charge < -0.3 is 14.8 Å². The summed E-state index contributed by atoms with van der Waals surface area (Å²) in [6, 6.07) is 17.9. The van der Waals surface area contributed by atoms with Crippen molar-refractivity contribution in [3.8, 4) is 11.3 Å². The van der Waals surface area contributed by atoms with Gasteiger partial charge in [-0.05, 0) is 24.5 Å². The van der Waals surface area contributed by atoms with Crippen LogP contribution in [0.5, 0.6) is 0 Å². The summed E-state index contributed by atoms with van der Waals surface area (Å²) in [5.74, 6) is 1.39. The highest BCUT2D eigenvalue weighted by atomic mass is 16.4. The number of oxazole rings is 1. The average Bonchev–Trinajstić information content (AvgIpc) is 3.22. The van der Waals surface area contributed by atoms with Gasteiger partial charge in [0.05, 0.1) is 18.3 Å². The molecule has 1 heterocycles. The number of aliphatic hydroxyl groups excluding tert-OH is 1. The van der Waals surface area contributed by atoms with Crippen molar-refractivity contribution in [3.63, 3.8) is 0 Å². The fraction of sp³-hybridized carbons (Fsp3) is 0.250. The highest BCUT2D eigenvalue weighted by molar-refractivity contribution is 5.55. The molecule has 4 nitrogen and oxygen atoms in total. The van der Waals surface area contributed by atoms with Gasteiger partial charge in [-0.2, -0.15) is 0 Å². The molecule has 0 radical (unpaired) electrons. The summed E-state index contributed by atoms with van der Waals surface area (Å²) >= 11 is 0. The fourth-order valence-corrected chi connectivity index (χ4v) is 3.34. The van der Waals surface area contributed by atoms with Crippen LogP contribution in [0.25, 0.3) is 11.3 Å². The summed E-state index contributed by atoms with van der Waals surface area (Å²) in [4.78, 5) is 4.40. The van der Waals surface area contributed by atoms with Gasteiger partial charge in [0.15, 0.2) is 5.76 Å². The van der Waals surface area contributed by atoms with Crippen molar-refractivity contribution in [3.05, 3.63) is 77.8 Å². The summed E-state index contributed by atoms with van der Waals surface area (Å²) in [6.07, 6.45) is 2.07. The Hall–Kier alpha value is -2.43. The molecule has 4 rings (SSSR count).